The summed E-state index contributed by atoms with van der Waals surface area (Å²) in [6.07, 6.45) is -0.734. The molecule has 0 saturated carbocycles. The maximum Gasteiger partial charge on any atom is 0.279 e. The molecule has 2 amide bonds. The number of rotatable bonds is 4. The number of amides is 2. The van der Waals surface area contributed by atoms with Crippen LogP contribution in [0.3, 0.4) is 0 Å². The van der Waals surface area contributed by atoms with Crippen molar-refractivity contribution in [1.82, 2.24) is 10.9 Å². The van der Waals surface area contributed by atoms with Gasteiger partial charge < -0.3 is 4.74 Å². The molecule has 2 N–H and O–H groups in total. The lowest BCUT2D eigenvalue weighted by atomic mass is 10.2. The first kappa shape index (κ1) is 16.0. The molecular formula is C16H15BrN2O3. The molecule has 0 aliphatic rings. The van der Waals surface area contributed by atoms with Gasteiger partial charge in [-0.25, -0.2) is 0 Å². The van der Waals surface area contributed by atoms with Crippen LogP contribution in [-0.4, -0.2) is 17.9 Å². The zero-order valence-electron chi connectivity index (χ0n) is 11.9. The number of benzene rings is 2. The molecule has 0 aromatic heterocycles. The molecule has 114 valence electrons. The van der Waals surface area contributed by atoms with E-state index in [-0.39, 0.29) is 0 Å². The van der Waals surface area contributed by atoms with Crippen molar-refractivity contribution in [2.45, 2.75) is 13.0 Å². The van der Waals surface area contributed by atoms with Gasteiger partial charge in [0.1, 0.15) is 5.75 Å². The smallest absolute Gasteiger partial charge is 0.279 e. The topological polar surface area (TPSA) is 67.4 Å². The monoisotopic (exact) mass is 362 g/mol. The molecule has 2 aromatic rings. The second-order valence-corrected chi connectivity index (χ2v) is 5.35. The first-order chi connectivity index (χ1) is 10.6. The molecule has 0 spiro atoms. The van der Waals surface area contributed by atoms with E-state index in [1.54, 1.807) is 43.3 Å². The highest BCUT2D eigenvalue weighted by Crippen LogP contribution is 2.15. The first-order valence-electron chi connectivity index (χ1n) is 6.64. The van der Waals surface area contributed by atoms with Crippen LogP contribution in [0, 0.1) is 0 Å². The molecule has 0 saturated heterocycles. The van der Waals surface area contributed by atoms with Gasteiger partial charge in [0.25, 0.3) is 11.8 Å². The van der Waals surface area contributed by atoms with E-state index in [2.05, 4.69) is 26.8 Å². The second-order valence-electron chi connectivity index (χ2n) is 4.50. The van der Waals surface area contributed by atoms with Crippen molar-refractivity contribution >= 4 is 27.7 Å². The quantitative estimate of drug-likeness (QED) is 0.821. The number of hydrogen-bond acceptors (Lipinski definition) is 3. The third kappa shape index (κ3) is 4.33. The third-order valence-corrected chi connectivity index (χ3v) is 3.53. The summed E-state index contributed by atoms with van der Waals surface area (Å²) in [7, 11) is 0. The van der Waals surface area contributed by atoms with Crippen molar-refractivity contribution < 1.29 is 14.3 Å². The molecule has 5 nitrogen and oxygen atoms in total. The Morgan fingerprint density at radius 2 is 1.64 bits per heavy atom. The average Bonchev–Trinajstić information content (AvgIpc) is 2.53. The Labute approximate surface area is 136 Å². The maximum atomic E-state index is 12.0. The largest absolute Gasteiger partial charge is 0.481 e. The number of carbonyl (C=O) groups is 2. The Balaban J connectivity index is 1.87. The Morgan fingerprint density at radius 1 is 1.00 bits per heavy atom. The minimum absolute atomic E-state index is 0.410. The molecule has 6 heteroatoms. The number of ether oxygens (including phenoxy) is 1. The van der Waals surface area contributed by atoms with Crippen LogP contribution in [0.4, 0.5) is 0 Å². The average molecular weight is 363 g/mol. The maximum absolute atomic E-state index is 12.0. The van der Waals surface area contributed by atoms with Crippen molar-refractivity contribution in [1.29, 1.82) is 0 Å². The Hall–Kier alpha value is -2.34. The van der Waals surface area contributed by atoms with Gasteiger partial charge in [0, 0.05) is 4.47 Å². The lowest BCUT2D eigenvalue weighted by molar-refractivity contribution is -0.128. The number of para-hydroxylation sites is 1. The van der Waals surface area contributed by atoms with Crippen LogP contribution in [-0.2, 0) is 4.79 Å². The lowest BCUT2D eigenvalue weighted by Crippen LogP contribution is -2.47. The fourth-order valence-electron chi connectivity index (χ4n) is 1.69. The van der Waals surface area contributed by atoms with Gasteiger partial charge in [0.2, 0.25) is 0 Å². The van der Waals surface area contributed by atoms with Gasteiger partial charge in [0.05, 0.1) is 5.56 Å². The minimum Gasteiger partial charge on any atom is -0.481 e. The summed E-state index contributed by atoms with van der Waals surface area (Å²) in [5.41, 5.74) is 5.13. The third-order valence-electron chi connectivity index (χ3n) is 2.84. The molecule has 0 aliphatic heterocycles. The molecule has 1 atom stereocenters. The molecule has 0 fully saturated rings. The summed E-state index contributed by atoms with van der Waals surface area (Å²) in [6.45, 7) is 1.60. The standard InChI is InChI=1S/C16H15BrN2O3/c1-11(22-12-7-3-2-4-8-12)15(20)18-19-16(21)13-9-5-6-10-14(13)17/h2-11H,1H3,(H,18,20)(H,19,21). The molecule has 2 aromatic carbocycles. The van der Waals surface area contributed by atoms with E-state index in [0.29, 0.717) is 15.8 Å². The van der Waals surface area contributed by atoms with Crippen LogP contribution >= 0.6 is 15.9 Å². The number of hydrogen-bond donors (Lipinski definition) is 2. The molecular weight excluding hydrogens is 348 g/mol. The summed E-state index contributed by atoms with van der Waals surface area (Å²) in [5, 5.41) is 0. The number of carbonyl (C=O) groups excluding carboxylic acids is 2. The minimum atomic E-state index is -0.734. The predicted molar refractivity (Wildman–Crippen MR) is 86.3 cm³/mol. The fraction of sp³-hybridized carbons (Fsp3) is 0.125. The van der Waals surface area contributed by atoms with Crippen molar-refractivity contribution in [3.8, 4) is 5.75 Å². The Bertz CT molecular complexity index is 661. The van der Waals surface area contributed by atoms with E-state index in [0.717, 1.165) is 0 Å². The summed E-state index contributed by atoms with van der Waals surface area (Å²) in [4.78, 5) is 23.9. The Morgan fingerprint density at radius 3 is 2.32 bits per heavy atom. The molecule has 2 rings (SSSR count). The highest BCUT2D eigenvalue weighted by molar-refractivity contribution is 9.10. The van der Waals surface area contributed by atoms with E-state index >= 15 is 0 Å². The molecule has 1 unspecified atom stereocenters. The molecule has 0 radical (unpaired) electrons. The predicted octanol–water partition coefficient (Wildman–Crippen LogP) is 2.68. The number of nitrogens with one attached hydrogen (secondary N) is 2. The van der Waals surface area contributed by atoms with Crippen LogP contribution in [0.1, 0.15) is 17.3 Å². The highest BCUT2D eigenvalue weighted by Gasteiger charge is 2.16. The van der Waals surface area contributed by atoms with Gasteiger partial charge in [-0.3, -0.25) is 20.4 Å². The summed E-state index contributed by atoms with van der Waals surface area (Å²) < 4.78 is 6.11. The SMILES string of the molecule is CC(Oc1ccccc1)C(=O)NNC(=O)c1ccccc1Br. The number of hydrazine groups is 1. The van der Waals surface area contributed by atoms with Crippen molar-refractivity contribution in [2.24, 2.45) is 0 Å². The Kier molecular flexibility index (Phi) is 5.55. The molecule has 0 bridgehead atoms. The molecule has 0 aliphatic carbocycles. The van der Waals surface area contributed by atoms with E-state index in [4.69, 9.17) is 4.74 Å². The van der Waals surface area contributed by atoms with E-state index < -0.39 is 17.9 Å². The first-order valence-corrected chi connectivity index (χ1v) is 7.43. The van der Waals surface area contributed by atoms with Crippen LogP contribution in [0.15, 0.2) is 59.1 Å². The molecule has 0 heterocycles. The second kappa shape index (κ2) is 7.61. The summed E-state index contributed by atoms with van der Waals surface area (Å²) in [5.74, 6) is -0.265. The van der Waals surface area contributed by atoms with Crippen LogP contribution < -0.4 is 15.6 Å². The van der Waals surface area contributed by atoms with Crippen LogP contribution in [0.5, 0.6) is 5.75 Å². The van der Waals surface area contributed by atoms with Gasteiger partial charge in [-0.1, -0.05) is 30.3 Å². The van der Waals surface area contributed by atoms with Gasteiger partial charge in [-0.2, -0.15) is 0 Å². The summed E-state index contributed by atoms with van der Waals surface area (Å²) >= 11 is 3.28. The van der Waals surface area contributed by atoms with Crippen molar-refractivity contribution in [2.75, 3.05) is 0 Å². The van der Waals surface area contributed by atoms with Crippen molar-refractivity contribution in [3.05, 3.63) is 64.6 Å². The van der Waals surface area contributed by atoms with Crippen LogP contribution in [0.2, 0.25) is 0 Å². The van der Waals surface area contributed by atoms with Gasteiger partial charge in [0.15, 0.2) is 6.10 Å². The molecule has 22 heavy (non-hydrogen) atoms. The fourth-order valence-corrected chi connectivity index (χ4v) is 2.15. The normalized spacial score (nSPS) is 11.4. The van der Waals surface area contributed by atoms with E-state index in [1.807, 2.05) is 18.2 Å². The zero-order valence-corrected chi connectivity index (χ0v) is 13.5. The highest BCUT2D eigenvalue weighted by atomic mass is 79.9. The van der Waals surface area contributed by atoms with Crippen LogP contribution in [0.25, 0.3) is 0 Å². The lowest BCUT2D eigenvalue weighted by Gasteiger charge is -2.15. The van der Waals surface area contributed by atoms with Gasteiger partial charge in [-0.05, 0) is 47.1 Å². The van der Waals surface area contributed by atoms with E-state index in [1.165, 1.54) is 0 Å². The zero-order chi connectivity index (χ0) is 15.9. The van der Waals surface area contributed by atoms with Gasteiger partial charge in [-0.15, -0.1) is 0 Å². The van der Waals surface area contributed by atoms with E-state index in [9.17, 15) is 9.59 Å². The number of halogens is 1. The summed E-state index contributed by atoms with van der Waals surface area (Å²) in [6, 6.07) is 15.9. The van der Waals surface area contributed by atoms with Gasteiger partial charge >= 0.3 is 0 Å². The van der Waals surface area contributed by atoms with Crippen molar-refractivity contribution in [3.63, 3.8) is 0 Å².